The number of aliphatic carboxylic acids is 1. The Kier molecular flexibility index (Phi) is 36.2. The molecule has 0 aliphatic carbocycles. The number of nitrogens with two attached hydrogens (primary N) is 8. The summed E-state index contributed by atoms with van der Waals surface area (Å²) in [5.41, 5.74) is 47.3. The van der Waals surface area contributed by atoms with Crippen molar-refractivity contribution in [3.8, 4) is 11.5 Å². The summed E-state index contributed by atoms with van der Waals surface area (Å²) in [4.78, 5) is 162. The number of benzene rings is 3. The molecule has 0 unspecified atom stereocenters. The van der Waals surface area contributed by atoms with Crippen molar-refractivity contribution in [2.75, 3.05) is 26.2 Å². The Morgan fingerprint density at radius 1 is 0.447 bits per heavy atom. The van der Waals surface area contributed by atoms with Crippen LogP contribution in [0.15, 0.2) is 106 Å². The summed E-state index contributed by atoms with van der Waals surface area (Å²) in [6.45, 7) is 7.11. The first-order chi connectivity index (χ1) is 49.0. The van der Waals surface area contributed by atoms with E-state index in [-0.39, 0.29) is 133 Å². The molecule has 35 nitrogen and oxygen atoms in total. The normalized spacial score (nSPS) is 14.2. The Labute approximate surface area is 598 Å². The third kappa shape index (κ3) is 31.1. The van der Waals surface area contributed by atoms with Gasteiger partial charge >= 0.3 is 5.97 Å². The highest BCUT2D eigenvalue weighted by atomic mass is 16.4. The zero-order valence-corrected chi connectivity index (χ0v) is 58.6. The van der Waals surface area contributed by atoms with Crippen LogP contribution in [-0.2, 0) is 73.6 Å². The molecular formula is C68H104N22O13. The summed E-state index contributed by atoms with van der Waals surface area (Å²) in [6, 6.07) is 6.44. The van der Waals surface area contributed by atoms with Crippen LogP contribution in [0.5, 0.6) is 11.5 Å². The van der Waals surface area contributed by atoms with E-state index in [2.05, 4.69) is 72.8 Å². The SMILES string of the molecule is CC[C@H](C)[C@H](NC(=O)[C@H](CCCN=C(N)N)NC(=O)[C@@H](NC(=O)[C@H](Cc1ccccc1)NC(=O)[C@H](Cc1ccc(O)cc1)NC(=O)[C@@H](N)CCCN=C(N)N)C(C)C)C(=O)N[C@@H](CCCCN)C(=O)N[C@@H](Cc1ccc(O)cc1)C(=O)N[C@@H](CCCN=C(N)N)C(=O)N[C@@H](Cc1cnc[nH]1)C(=O)O. The van der Waals surface area contributed by atoms with Crippen molar-refractivity contribution in [3.63, 3.8) is 0 Å². The van der Waals surface area contributed by atoms with E-state index in [9.17, 15) is 63.3 Å². The van der Waals surface area contributed by atoms with Crippen molar-refractivity contribution in [1.29, 1.82) is 0 Å². The quantitative estimate of drug-likeness (QED) is 0.0118. The second kappa shape index (κ2) is 44.2. The van der Waals surface area contributed by atoms with Crippen molar-refractivity contribution < 1.29 is 63.3 Å². The van der Waals surface area contributed by atoms with Crippen LogP contribution < -0.4 is 93.7 Å². The van der Waals surface area contributed by atoms with E-state index in [1.54, 1.807) is 70.2 Å². The van der Waals surface area contributed by atoms with E-state index in [1.807, 2.05) is 0 Å². The van der Waals surface area contributed by atoms with Crippen LogP contribution in [-0.4, -0.2) is 189 Å². The number of phenols is 2. The number of aromatic hydroxyl groups is 2. The highest BCUT2D eigenvalue weighted by molar-refractivity contribution is 5.99. The first-order valence-electron chi connectivity index (χ1n) is 34.1. The van der Waals surface area contributed by atoms with Crippen LogP contribution in [0, 0.1) is 11.8 Å². The first-order valence-corrected chi connectivity index (χ1v) is 34.1. The van der Waals surface area contributed by atoms with Gasteiger partial charge in [-0.2, -0.15) is 0 Å². The molecule has 564 valence electrons. The lowest BCUT2D eigenvalue weighted by Crippen LogP contribution is -2.62. The smallest absolute Gasteiger partial charge is 0.326 e. The van der Waals surface area contributed by atoms with E-state index < -0.39 is 131 Å². The summed E-state index contributed by atoms with van der Waals surface area (Å²) in [5, 5.41) is 54.6. The fourth-order valence-electron chi connectivity index (χ4n) is 10.6. The van der Waals surface area contributed by atoms with Crippen molar-refractivity contribution in [1.82, 2.24) is 57.8 Å². The topological polar surface area (TPSA) is 614 Å². The van der Waals surface area contributed by atoms with Crippen molar-refractivity contribution in [3.05, 3.63) is 114 Å². The van der Waals surface area contributed by atoms with Crippen molar-refractivity contribution >= 4 is 77.0 Å². The zero-order chi connectivity index (χ0) is 76.1. The number of guanidine groups is 3. The molecular weight excluding hydrogens is 1330 g/mol. The van der Waals surface area contributed by atoms with Gasteiger partial charge in [-0.15, -0.1) is 0 Å². The third-order valence-corrected chi connectivity index (χ3v) is 16.6. The fourth-order valence-corrected chi connectivity index (χ4v) is 10.6. The van der Waals surface area contributed by atoms with Crippen LogP contribution in [0.3, 0.4) is 0 Å². The van der Waals surface area contributed by atoms with Gasteiger partial charge in [-0.1, -0.05) is 88.7 Å². The lowest BCUT2D eigenvalue weighted by atomic mass is 9.96. The Balaban J connectivity index is 1.66. The van der Waals surface area contributed by atoms with E-state index in [0.29, 0.717) is 35.2 Å². The molecule has 0 spiro atoms. The highest BCUT2D eigenvalue weighted by Crippen LogP contribution is 2.18. The Bertz CT molecular complexity index is 3460. The number of carbonyl (C=O) groups excluding carboxylic acids is 9. The number of nitrogens with one attached hydrogen (secondary N) is 10. The molecule has 35 heteroatoms. The standard InChI is InChI=1S/C68H104N22O13/c1-5-39(4)55(64(101)84-47(17-9-10-28-69)57(94)86-51(34-42-22-26-45(92)27-23-42)60(97)82-48(18-12-30-79-67(73)74)58(95)88-53(65(102)103)35-43-36-77-37-81-43)90-59(96)49(19-13-31-80-68(75)76)83-63(100)54(38(2)3)89-62(99)52(32-40-14-7-6-8-15-40)87-61(98)50(33-41-20-24-44(91)25-21-41)85-56(93)46(70)16-11-29-78-66(71)72/h6-8,14-15,20-27,36-39,46-55,91-92H,5,9-13,16-19,28-35,69-70H2,1-4H3,(H,77,81)(H,82,97)(H,83,100)(H,84,101)(H,85,93)(H,86,94)(H,87,98)(H,88,95)(H,89,99)(H,90,96)(H,102,103)(H4,71,72,78)(H4,73,74,79)(H4,75,76,80)/t39-,46-,47-,48-,49-,50-,51-,52-,53-,54-,55-/m0/s1. The predicted molar refractivity (Wildman–Crippen MR) is 386 cm³/mol. The van der Waals surface area contributed by atoms with Crippen LogP contribution in [0.25, 0.3) is 0 Å². The third-order valence-electron chi connectivity index (χ3n) is 16.6. The molecule has 0 bridgehead atoms. The Hall–Kier alpha value is -11.1. The number of aromatic nitrogens is 2. The number of aliphatic imine (C=N–C) groups is 3. The molecule has 4 aromatic rings. The van der Waals surface area contributed by atoms with Gasteiger partial charge in [0.25, 0.3) is 0 Å². The maximum atomic E-state index is 14.9. The molecule has 4 rings (SSSR count). The van der Waals surface area contributed by atoms with Gasteiger partial charge in [0.05, 0.1) is 12.4 Å². The molecule has 0 fully saturated rings. The molecule has 0 aliphatic heterocycles. The number of imidazole rings is 1. The number of carbonyl (C=O) groups is 10. The summed E-state index contributed by atoms with van der Waals surface area (Å²) < 4.78 is 0. The predicted octanol–water partition coefficient (Wildman–Crippen LogP) is -3.14. The van der Waals surface area contributed by atoms with Gasteiger partial charge < -0.3 is 114 Å². The van der Waals surface area contributed by atoms with Gasteiger partial charge in [0, 0.05) is 57.2 Å². The van der Waals surface area contributed by atoms with Gasteiger partial charge in [-0.05, 0) is 117 Å². The van der Waals surface area contributed by atoms with Crippen LogP contribution >= 0.6 is 0 Å². The molecule has 1 heterocycles. The zero-order valence-electron chi connectivity index (χ0n) is 58.6. The summed E-state index contributed by atoms with van der Waals surface area (Å²) >= 11 is 0. The number of hydrogen-bond acceptors (Lipinski definition) is 18. The first kappa shape index (κ1) is 84.3. The second-order valence-corrected chi connectivity index (χ2v) is 25.3. The summed E-state index contributed by atoms with van der Waals surface area (Å²) in [7, 11) is 0. The number of hydrogen-bond donors (Lipinski definition) is 21. The number of aromatic amines is 1. The average Bonchev–Trinajstić information content (AvgIpc) is 0.926. The molecule has 0 radical (unpaired) electrons. The molecule has 11 atom stereocenters. The minimum Gasteiger partial charge on any atom is -0.508 e. The van der Waals surface area contributed by atoms with Gasteiger partial charge in [0.2, 0.25) is 53.2 Å². The van der Waals surface area contributed by atoms with E-state index in [0.717, 1.165) is 0 Å². The maximum absolute atomic E-state index is 14.9. The van der Waals surface area contributed by atoms with Crippen molar-refractivity contribution in [2.45, 2.75) is 178 Å². The largest absolute Gasteiger partial charge is 0.508 e. The Morgan fingerprint density at radius 2 is 0.816 bits per heavy atom. The number of amides is 9. The van der Waals surface area contributed by atoms with Crippen LogP contribution in [0.4, 0.5) is 0 Å². The summed E-state index contributed by atoms with van der Waals surface area (Å²) in [5.74, 6) is -11.0. The van der Waals surface area contributed by atoms with Crippen molar-refractivity contribution in [2.24, 2.45) is 72.7 Å². The molecule has 0 saturated heterocycles. The van der Waals surface area contributed by atoms with Crippen LogP contribution in [0.1, 0.15) is 114 Å². The highest BCUT2D eigenvalue weighted by Gasteiger charge is 2.38. The maximum Gasteiger partial charge on any atom is 0.326 e. The molecule has 29 N–H and O–H groups in total. The molecule has 9 amide bonds. The average molecular weight is 1440 g/mol. The number of phenolic OH excluding ortho intramolecular Hbond substituents is 2. The number of unbranched alkanes of at least 4 members (excludes halogenated alkanes) is 1. The van der Waals surface area contributed by atoms with E-state index in [4.69, 9.17) is 45.9 Å². The minimum absolute atomic E-state index is 0.00146. The van der Waals surface area contributed by atoms with E-state index >= 15 is 0 Å². The second-order valence-electron chi connectivity index (χ2n) is 25.3. The fraction of sp³-hybridized carbons (Fsp3) is 0.500. The molecule has 0 saturated carbocycles. The number of rotatable bonds is 46. The van der Waals surface area contributed by atoms with Crippen LogP contribution in [0.2, 0.25) is 0 Å². The molecule has 3 aromatic carbocycles. The van der Waals surface area contributed by atoms with Gasteiger partial charge in [-0.25, -0.2) is 9.78 Å². The summed E-state index contributed by atoms with van der Waals surface area (Å²) in [6.07, 6.45) is 3.45. The molecule has 1 aromatic heterocycles. The lowest BCUT2D eigenvalue weighted by Gasteiger charge is -2.30. The van der Waals surface area contributed by atoms with Gasteiger partial charge in [0.15, 0.2) is 17.9 Å². The minimum atomic E-state index is -1.50. The number of carboxylic acid groups (broad SMARTS) is 1. The number of nitrogens with zero attached hydrogens (tertiary/aromatic N) is 4. The lowest BCUT2D eigenvalue weighted by molar-refractivity contribution is -0.142. The van der Waals surface area contributed by atoms with E-state index in [1.165, 1.54) is 48.9 Å². The van der Waals surface area contributed by atoms with Gasteiger partial charge in [0.1, 0.15) is 65.9 Å². The molecule has 0 aliphatic rings. The van der Waals surface area contributed by atoms with Gasteiger partial charge in [-0.3, -0.25) is 58.1 Å². The molecule has 103 heavy (non-hydrogen) atoms. The Morgan fingerprint density at radius 3 is 1.23 bits per heavy atom. The monoisotopic (exact) mass is 1440 g/mol. The number of carboxylic acids is 1. The number of H-pyrrole nitrogens is 1.